The summed E-state index contributed by atoms with van der Waals surface area (Å²) in [6, 6.07) is -7.07. The summed E-state index contributed by atoms with van der Waals surface area (Å²) >= 11 is 0. The number of carbonyl (C=O) groups is 1. The molecule has 84 valence electrons. The molecule has 1 atom stereocenters. The van der Waals surface area contributed by atoms with Gasteiger partial charge < -0.3 is 5.11 Å². The minimum atomic E-state index is -4.29. The summed E-state index contributed by atoms with van der Waals surface area (Å²) in [5, 5.41) is 10.2. The Balaban J connectivity index is 3.81. The Morgan fingerprint density at radius 1 is 1.50 bits per heavy atom. The fourth-order valence-electron chi connectivity index (χ4n) is 0.926. The number of hydrogen-bond donors (Lipinski definition) is 2. The Morgan fingerprint density at radius 3 is 2.50 bits per heavy atom. The summed E-state index contributed by atoms with van der Waals surface area (Å²) in [5.41, 5.74) is 0. The van der Waals surface area contributed by atoms with Gasteiger partial charge in [-0.15, -0.1) is 0 Å². The van der Waals surface area contributed by atoms with Crippen LogP contribution in [0.5, 0.6) is 0 Å². The molecule has 14 heavy (non-hydrogen) atoms. The molecule has 0 saturated carbocycles. The van der Waals surface area contributed by atoms with Crippen LogP contribution in [-0.4, -0.2) is 23.4 Å². The van der Waals surface area contributed by atoms with E-state index in [0.29, 0.717) is 6.42 Å². The van der Waals surface area contributed by atoms with Crippen LogP contribution in [0, 0.1) is 0 Å². The van der Waals surface area contributed by atoms with Gasteiger partial charge in [-0.05, 0) is 12.8 Å². The molecule has 0 bridgehead atoms. The van der Waals surface area contributed by atoms with Crippen molar-refractivity contribution in [3.8, 4) is 0 Å². The van der Waals surface area contributed by atoms with E-state index < -0.39 is 18.3 Å². The minimum Gasteiger partial charge on any atom is -0.378 e. The maximum absolute atomic E-state index is 12.3. The zero-order chi connectivity index (χ0) is 11.2. The first-order chi connectivity index (χ1) is 6.40. The third-order valence-corrected chi connectivity index (χ3v) is 1.68. The quantitative estimate of drug-likeness (QED) is 0.292. The second-order valence-electron chi connectivity index (χ2n) is 3.00. The van der Waals surface area contributed by atoms with Crippen LogP contribution in [0.3, 0.4) is 0 Å². The summed E-state index contributed by atoms with van der Waals surface area (Å²) < 4.78 is 36.3. The molecule has 0 aromatic rings. The van der Waals surface area contributed by atoms with Gasteiger partial charge in [-0.1, -0.05) is 19.8 Å². The first-order valence-corrected chi connectivity index (χ1v) is 4.43. The van der Waals surface area contributed by atoms with Gasteiger partial charge in [0.25, 0.3) is 0 Å². The van der Waals surface area contributed by atoms with Crippen LogP contribution in [0.25, 0.3) is 0 Å². The molecule has 0 amide bonds. The molecule has 0 aliphatic heterocycles. The second kappa shape index (κ2) is 5.98. The van der Waals surface area contributed by atoms with Crippen LogP contribution in [-0.2, 0) is 4.79 Å². The lowest BCUT2D eigenvalue weighted by molar-refractivity contribution is -0.167. The van der Waals surface area contributed by atoms with Gasteiger partial charge >= 0.3 is 12.1 Å². The number of alkyl halides is 2. The highest BCUT2D eigenvalue weighted by atomic mass is 19.3. The van der Waals surface area contributed by atoms with Gasteiger partial charge in [0, 0.05) is 0 Å². The van der Waals surface area contributed by atoms with E-state index in [1.165, 1.54) is 5.32 Å². The van der Waals surface area contributed by atoms with Gasteiger partial charge in [0.15, 0.2) is 0 Å². The Bertz CT molecular complexity index is 187. The van der Waals surface area contributed by atoms with Gasteiger partial charge in [0.1, 0.15) is 6.23 Å². The third-order valence-electron chi connectivity index (χ3n) is 1.68. The van der Waals surface area contributed by atoms with E-state index in [1.54, 1.807) is 0 Å². The summed E-state index contributed by atoms with van der Waals surface area (Å²) in [5.74, 6) is 0. The lowest BCUT2D eigenvalue weighted by atomic mass is 10.2. The second-order valence-corrected chi connectivity index (χ2v) is 3.00. The number of hydrogen-bond acceptors (Lipinski definition) is 3. The van der Waals surface area contributed by atoms with Gasteiger partial charge in [0.05, 0.1) is 0 Å². The van der Waals surface area contributed by atoms with Crippen molar-refractivity contribution in [1.82, 2.24) is 5.32 Å². The minimum absolute atomic E-state index is 0.0662. The van der Waals surface area contributed by atoms with E-state index in [4.69, 9.17) is 5.11 Å². The third kappa shape index (κ3) is 5.18. The van der Waals surface area contributed by atoms with Crippen molar-refractivity contribution < 1.29 is 23.1 Å². The van der Waals surface area contributed by atoms with Crippen LogP contribution in [0.4, 0.5) is 13.2 Å². The maximum Gasteiger partial charge on any atom is 0.394 e. The first-order valence-electron chi connectivity index (χ1n) is 4.43. The molecule has 0 unspecified atom stereocenters. The number of unbranched alkanes of at least 4 members (excludes halogenated alkanes) is 2. The van der Waals surface area contributed by atoms with Crippen molar-refractivity contribution in [3.05, 3.63) is 0 Å². The van der Waals surface area contributed by atoms with Crippen LogP contribution >= 0.6 is 0 Å². The van der Waals surface area contributed by atoms with Crippen LogP contribution in [0.1, 0.15) is 32.6 Å². The van der Waals surface area contributed by atoms with Crippen LogP contribution < -0.4 is 5.32 Å². The molecule has 3 nitrogen and oxygen atoms in total. The summed E-state index contributed by atoms with van der Waals surface area (Å²) in [7, 11) is 0. The lowest BCUT2D eigenvalue weighted by Crippen LogP contribution is -2.48. The maximum atomic E-state index is 12.3. The Labute approximate surface area is 80.3 Å². The zero-order valence-electron chi connectivity index (χ0n) is 7.90. The fraction of sp³-hybridized carbons (Fsp3) is 0.875. The van der Waals surface area contributed by atoms with Gasteiger partial charge in [-0.3, -0.25) is 4.79 Å². The smallest absolute Gasteiger partial charge is 0.378 e. The fourth-order valence-corrected chi connectivity index (χ4v) is 0.926. The van der Waals surface area contributed by atoms with E-state index in [0.717, 1.165) is 12.8 Å². The van der Waals surface area contributed by atoms with Gasteiger partial charge in [-0.25, -0.2) is 5.32 Å². The number of aliphatic hydroxyl groups is 1. The molecule has 0 spiro atoms. The number of carbonyl (C=O) groups excluding carboxylic acids is 1. The van der Waals surface area contributed by atoms with Crippen molar-refractivity contribution in [2.24, 2.45) is 0 Å². The monoisotopic (exact) mass is 213 g/mol. The number of aliphatic hydroxyl groups excluding tert-OH is 1. The van der Waals surface area contributed by atoms with Crippen molar-refractivity contribution in [2.75, 3.05) is 0 Å². The topological polar surface area (TPSA) is 49.3 Å². The Morgan fingerprint density at radius 2 is 2.07 bits per heavy atom. The molecule has 0 saturated heterocycles. The predicted octanol–water partition coefficient (Wildman–Crippen LogP) is 1.56. The van der Waals surface area contributed by atoms with E-state index in [9.17, 15) is 18.0 Å². The molecule has 0 rings (SSSR count). The zero-order valence-corrected chi connectivity index (χ0v) is 7.90. The van der Waals surface area contributed by atoms with Gasteiger partial charge in [-0.2, -0.15) is 13.2 Å². The molecule has 0 aliphatic rings. The average Bonchev–Trinajstić information content (AvgIpc) is 2.03. The van der Waals surface area contributed by atoms with Crippen molar-refractivity contribution in [1.29, 1.82) is 0 Å². The Hall–Kier alpha value is -0.620. The number of nitrogens with one attached hydrogen (secondary N) is 1. The molecular weight excluding hydrogens is 199 g/mol. The normalized spacial score (nSPS) is 14.1. The number of rotatable bonds is 7. The summed E-state index contributed by atoms with van der Waals surface area (Å²) in [6.07, 6.45) is 0.716. The molecule has 0 aromatic heterocycles. The summed E-state index contributed by atoms with van der Waals surface area (Å²) in [6.45, 7) is 1.92. The standard InChI is InChI=1S/C8H14F3NO2/c1-2-3-4-5-6(13)12-8(10,11)7(9)14/h6,12-13H,2-5H2,1H3/t6-/m0/s1. The predicted molar refractivity (Wildman–Crippen MR) is 44.3 cm³/mol. The average molecular weight is 213 g/mol. The van der Waals surface area contributed by atoms with Crippen molar-refractivity contribution in [2.45, 2.75) is 44.9 Å². The van der Waals surface area contributed by atoms with Crippen molar-refractivity contribution in [3.63, 3.8) is 0 Å². The first kappa shape index (κ1) is 13.4. The molecule has 0 aromatic carbocycles. The van der Waals surface area contributed by atoms with E-state index in [1.807, 2.05) is 6.92 Å². The molecule has 0 aliphatic carbocycles. The highest BCUT2D eigenvalue weighted by Gasteiger charge is 2.40. The molecule has 0 heterocycles. The van der Waals surface area contributed by atoms with Crippen LogP contribution in [0.15, 0.2) is 0 Å². The van der Waals surface area contributed by atoms with Crippen LogP contribution in [0.2, 0.25) is 0 Å². The van der Waals surface area contributed by atoms with Gasteiger partial charge in [0.2, 0.25) is 0 Å². The van der Waals surface area contributed by atoms with Crippen molar-refractivity contribution >= 4 is 6.04 Å². The highest BCUT2D eigenvalue weighted by molar-refractivity contribution is 5.75. The lowest BCUT2D eigenvalue weighted by Gasteiger charge is -2.17. The largest absolute Gasteiger partial charge is 0.394 e. The molecule has 0 radical (unpaired) electrons. The Kier molecular flexibility index (Phi) is 5.71. The highest BCUT2D eigenvalue weighted by Crippen LogP contribution is 2.13. The molecule has 6 heteroatoms. The van der Waals surface area contributed by atoms with E-state index in [-0.39, 0.29) is 6.42 Å². The number of halogens is 3. The molecule has 2 N–H and O–H groups in total. The summed E-state index contributed by atoms with van der Waals surface area (Å²) in [4.78, 5) is 9.74. The molecular formula is C8H14F3NO2. The van der Waals surface area contributed by atoms with E-state index >= 15 is 0 Å². The van der Waals surface area contributed by atoms with E-state index in [2.05, 4.69) is 0 Å². The SMILES string of the molecule is CCCCC[C@H](O)NC(F)(F)C(=O)F. The molecule has 0 fully saturated rings.